The molecule has 18 heavy (non-hydrogen) atoms. The summed E-state index contributed by atoms with van der Waals surface area (Å²) in [6, 6.07) is 0.120. The molecule has 0 saturated carbocycles. The molecule has 1 fully saturated rings. The lowest BCUT2D eigenvalue weighted by molar-refractivity contribution is -0.133. The molecule has 1 N–H and O–H groups in total. The minimum absolute atomic E-state index is 0.00216. The van der Waals surface area contributed by atoms with Gasteiger partial charge in [0.15, 0.2) is 0 Å². The average Bonchev–Trinajstić information content (AvgIpc) is 2.28. The third kappa shape index (κ3) is 4.31. The zero-order valence-electron chi connectivity index (χ0n) is 12.0. The normalized spacial score (nSPS) is 24.2. The Hall–Kier alpha value is -1.06. The summed E-state index contributed by atoms with van der Waals surface area (Å²) in [4.78, 5) is 25.1. The van der Waals surface area contributed by atoms with Crippen LogP contribution >= 0.6 is 0 Å². The van der Waals surface area contributed by atoms with Gasteiger partial charge in [-0.3, -0.25) is 9.59 Å². The molecule has 2 amide bonds. The van der Waals surface area contributed by atoms with Gasteiger partial charge in [0.2, 0.25) is 11.8 Å². The number of hydrogen-bond acceptors (Lipinski definition) is 2. The second-order valence-electron chi connectivity index (χ2n) is 5.67. The molecule has 2 atom stereocenters. The van der Waals surface area contributed by atoms with Crippen molar-refractivity contribution >= 4 is 11.8 Å². The number of carbonyl (C=O) groups excluding carboxylic acids is 2. The Morgan fingerprint density at radius 3 is 2.50 bits per heavy atom. The largest absolute Gasteiger partial charge is 0.351 e. The van der Waals surface area contributed by atoms with E-state index in [0.717, 1.165) is 25.8 Å². The molecule has 1 aliphatic heterocycles. The number of amides is 2. The van der Waals surface area contributed by atoms with Gasteiger partial charge in [0.05, 0.1) is 0 Å². The van der Waals surface area contributed by atoms with Gasteiger partial charge in [-0.2, -0.15) is 0 Å². The fraction of sp³-hybridized carbons (Fsp3) is 0.857. The first-order valence-corrected chi connectivity index (χ1v) is 6.99. The standard InChI is InChI=1S/C14H26N2O2/c1-5-6-12-7-13(15-14(18)10(2)3)9-16(8-12)11(4)17/h10,12-13H,5-9H2,1-4H3,(H,15,18). The van der Waals surface area contributed by atoms with Crippen LogP contribution in [-0.4, -0.2) is 35.8 Å². The highest BCUT2D eigenvalue weighted by atomic mass is 16.2. The molecule has 4 nitrogen and oxygen atoms in total. The SMILES string of the molecule is CCCC1CC(NC(=O)C(C)C)CN(C(C)=O)C1. The third-order valence-electron chi connectivity index (χ3n) is 3.55. The summed E-state index contributed by atoms with van der Waals surface area (Å²) in [5, 5.41) is 3.06. The molecular weight excluding hydrogens is 228 g/mol. The van der Waals surface area contributed by atoms with Crippen molar-refractivity contribution in [1.82, 2.24) is 10.2 Å². The molecular formula is C14H26N2O2. The maximum atomic E-state index is 11.7. The van der Waals surface area contributed by atoms with E-state index in [-0.39, 0.29) is 23.8 Å². The van der Waals surface area contributed by atoms with E-state index in [9.17, 15) is 9.59 Å². The lowest BCUT2D eigenvalue weighted by Gasteiger charge is -2.38. The molecule has 104 valence electrons. The monoisotopic (exact) mass is 254 g/mol. The lowest BCUT2D eigenvalue weighted by atomic mass is 9.90. The Labute approximate surface area is 110 Å². The highest BCUT2D eigenvalue weighted by molar-refractivity contribution is 5.78. The van der Waals surface area contributed by atoms with Crippen molar-refractivity contribution in [2.45, 2.75) is 53.0 Å². The van der Waals surface area contributed by atoms with Crippen LogP contribution in [0.5, 0.6) is 0 Å². The summed E-state index contributed by atoms with van der Waals surface area (Å²) in [6.07, 6.45) is 3.25. The van der Waals surface area contributed by atoms with Crippen molar-refractivity contribution in [1.29, 1.82) is 0 Å². The Morgan fingerprint density at radius 1 is 1.33 bits per heavy atom. The molecule has 0 spiro atoms. The fourth-order valence-electron chi connectivity index (χ4n) is 2.55. The van der Waals surface area contributed by atoms with Crippen molar-refractivity contribution in [2.24, 2.45) is 11.8 Å². The summed E-state index contributed by atoms with van der Waals surface area (Å²) >= 11 is 0. The third-order valence-corrected chi connectivity index (χ3v) is 3.55. The number of hydrogen-bond donors (Lipinski definition) is 1. The van der Waals surface area contributed by atoms with Crippen LogP contribution in [0, 0.1) is 11.8 Å². The lowest BCUT2D eigenvalue weighted by Crippen LogP contribution is -2.52. The molecule has 1 rings (SSSR count). The number of nitrogens with zero attached hydrogens (tertiary/aromatic N) is 1. The highest BCUT2D eigenvalue weighted by Crippen LogP contribution is 2.21. The van der Waals surface area contributed by atoms with Crippen LogP contribution < -0.4 is 5.32 Å². The van der Waals surface area contributed by atoms with Gasteiger partial charge < -0.3 is 10.2 Å². The molecule has 1 aliphatic rings. The first-order chi connectivity index (χ1) is 8.43. The van der Waals surface area contributed by atoms with E-state index in [1.807, 2.05) is 18.7 Å². The summed E-state index contributed by atoms with van der Waals surface area (Å²) in [6.45, 7) is 9.06. The van der Waals surface area contributed by atoms with E-state index in [4.69, 9.17) is 0 Å². The molecule has 1 saturated heterocycles. The summed E-state index contributed by atoms with van der Waals surface area (Å²) in [5.74, 6) is 0.715. The minimum Gasteiger partial charge on any atom is -0.351 e. The number of rotatable bonds is 4. The van der Waals surface area contributed by atoms with Crippen LogP contribution in [0.3, 0.4) is 0 Å². The Morgan fingerprint density at radius 2 is 2.00 bits per heavy atom. The van der Waals surface area contributed by atoms with Crippen molar-refractivity contribution in [3.63, 3.8) is 0 Å². The summed E-state index contributed by atoms with van der Waals surface area (Å²) in [5.41, 5.74) is 0. The molecule has 0 aliphatic carbocycles. The summed E-state index contributed by atoms with van der Waals surface area (Å²) < 4.78 is 0. The fourth-order valence-corrected chi connectivity index (χ4v) is 2.55. The zero-order chi connectivity index (χ0) is 13.7. The Balaban J connectivity index is 2.60. The molecule has 0 aromatic heterocycles. The van der Waals surface area contributed by atoms with Crippen molar-refractivity contribution < 1.29 is 9.59 Å². The van der Waals surface area contributed by atoms with Crippen LogP contribution in [0.1, 0.15) is 47.0 Å². The number of likely N-dealkylation sites (tertiary alicyclic amines) is 1. The first kappa shape index (κ1) is 15.0. The molecule has 1 heterocycles. The van der Waals surface area contributed by atoms with Crippen LogP contribution in [-0.2, 0) is 9.59 Å². The average molecular weight is 254 g/mol. The van der Waals surface area contributed by atoms with Gasteiger partial charge in [-0.1, -0.05) is 27.2 Å². The van der Waals surface area contributed by atoms with E-state index in [1.54, 1.807) is 6.92 Å². The minimum atomic E-state index is 0.00216. The van der Waals surface area contributed by atoms with E-state index in [0.29, 0.717) is 12.5 Å². The smallest absolute Gasteiger partial charge is 0.222 e. The van der Waals surface area contributed by atoms with Crippen LogP contribution in [0.4, 0.5) is 0 Å². The number of piperidine rings is 1. The second kappa shape index (κ2) is 6.76. The van der Waals surface area contributed by atoms with Crippen molar-refractivity contribution in [2.75, 3.05) is 13.1 Å². The molecule has 4 heteroatoms. The maximum Gasteiger partial charge on any atom is 0.222 e. The van der Waals surface area contributed by atoms with Crippen LogP contribution in [0.2, 0.25) is 0 Å². The van der Waals surface area contributed by atoms with Gasteiger partial charge in [0, 0.05) is 32.0 Å². The van der Waals surface area contributed by atoms with Gasteiger partial charge in [0.1, 0.15) is 0 Å². The molecule has 0 radical (unpaired) electrons. The van der Waals surface area contributed by atoms with E-state index in [2.05, 4.69) is 12.2 Å². The maximum absolute atomic E-state index is 11.7. The van der Waals surface area contributed by atoms with Crippen LogP contribution in [0.15, 0.2) is 0 Å². The number of carbonyl (C=O) groups is 2. The molecule has 0 bridgehead atoms. The molecule has 0 aromatic rings. The number of nitrogens with one attached hydrogen (secondary N) is 1. The topological polar surface area (TPSA) is 49.4 Å². The van der Waals surface area contributed by atoms with Crippen LogP contribution in [0.25, 0.3) is 0 Å². The Kier molecular flexibility index (Phi) is 5.63. The molecule has 2 unspecified atom stereocenters. The van der Waals surface area contributed by atoms with Gasteiger partial charge in [0.25, 0.3) is 0 Å². The van der Waals surface area contributed by atoms with Crippen molar-refractivity contribution in [3.05, 3.63) is 0 Å². The van der Waals surface area contributed by atoms with Gasteiger partial charge in [-0.25, -0.2) is 0 Å². The van der Waals surface area contributed by atoms with E-state index < -0.39 is 0 Å². The Bertz CT molecular complexity index is 302. The highest BCUT2D eigenvalue weighted by Gasteiger charge is 2.29. The van der Waals surface area contributed by atoms with Crippen molar-refractivity contribution in [3.8, 4) is 0 Å². The second-order valence-corrected chi connectivity index (χ2v) is 5.67. The quantitative estimate of drug-likeness (QED) is 0.831. The van der Waals surface area contributed by atoms with Gasteiger partial charge >= 0.3 is 0 Å². The predicted octanol–water partition coefficient (Wildman–Crippen LogP) is 1.80. The van der Waals surface area contributed by atoms with Gasteiger partial charge in [-0.15, -0.1) is 0 Å². The molecule has 0 aromatic carbocycles. The zero-order valence-corrected chi connectivity index (χ0v) is 12.0. The summed E-state index contributed by atoms with van der Waals surface area (Å²) in [7, 11) is 0. The van der Waals surface area contributed by atoms with Gasteiger partial charge in [-0.05, 0) is 18.8 Å². The first-order valence-electron chi connectivity index (χ1n) is 6.99. The van der Waals surface area contributed by atoms with E-state index in [1.165, 1.54) is 0 Å². The predicted molar refractivity (Wildman–Crippen MR) is 72.0 cm³/mol. The van der Waals surface area contributed by atoms with E-state index >= 15 is 0 Å².